The molecular weight excluding hydrogens is 404 g/mol. The van der Waals surface area contributed by atoms with Gasteiger partial charge in [-0.2, -0.15) is 0 Å². The van der Waals surface area contributed by atoms with Crippen LogP contribution in [0.15, 0.2) is 46.7 Å². The van der Waals surface area contributed by atoms with Crippen molar-refractivity contribution < 1.29 is 19.5 Å². The molecule has 1 saturated heterocycles. The minimum Gasteiger partial charge on any atom is -0.545 e. The van der Waals surface area contributed by atoms with E-state index in [1.54, 1.807) is 12.1 Å². The Labute approximate surface area is 168 Å². The second kappa shape index (κ2) is 8.47. The van der Waals surface area contributed by atoms with Gasteiger partial charge in [-0.05, 0) is 35.2 Å². The normalized spacial score (nSPS) is 15.4. The van der Waals surface area contributed by atoms with Gasteiger partial charge < -0.3 is 15.2 Å². The van der Waals surface area contributed by atoms with E-state index in [0.717, 1.165) is 4.88 Å². The lowest BCUT2D eigenvalue weighted by atomic mass is 10.2. The number of nitrogens with one attached hydrogen (secondary N) is 1. The van der Waals surface area contributed by atoms with Gasteiger partial charge in [0.25, 0.3) is 5.91 Å². The largest absolute Gasteiger partial charge is 0.545 e. The van der Waals surface area contributed by atoms with Gasteiger partial charge in [-0.3, -0.25) is 14.5 Å². The molecule has 0 radical (unpaired) electrons. The number of carboxylic acids is 1. The zero-order chi connectivity index (χ0) is 19.4. The van der Waals surface area contributed by atoms with Crippen LogP contribution < -0.4 is 10.4 Å². The molecule has 0 spiro atoms. The fourth-order valence-electron chi connectivity index (χ4n) is 2.36. The van der Waals surface area contributed by atoms with E-state index in [-0.39, 0.29) is 30.3 Å². The number of benzene rings is 1. The van der Waals surface area contributed by atoms with E-state index in [1.807, 2.05) is 17.5 Å². The quantitative estimate of drug-likeness (QED) is 0.573. The third kappa shape index (κ3) is 4.82. The molecule has 1 aliphatic rings. The van der Waals surface area contributed by atoms with Crippen molar-refractivity contribution >= 4 is 69.2 Å². The molecule has 0 saturated carbocycles. The molecule has 0 aliphatic carbocycles. The van der Waals surface area contributed by atoms with Gasteiger partial charge in [0.1, 0.15) is 4.32 Å². The molecular formula is C18H13N2O4S3-. The summed E-state index contributed by atoms with van der Waals surface area (Å²) in [7, 11) is 0. The van der Waals surface area contributed by atoms with Gasteiger partial charge in [0.15, 0.2) is 0 Å². The average molecular weight is 418 g/mol. The van der Waals surface area contributed by atoms with Gasteiger partial charge in [-0.15, -0.1) is 11.3 Å². The second-order valence-electron chi connectivity index (χ2n) is 5.52. The number of thioether (sulfide) groups is 1. The minimum absolute atomic E-state index is 0.0246. The first-order chi connectivity index (χ1) is 12.9. The molecule has 1 aliphatic heterocycles. The van der Waals surface area contributed by atoms with Crippen LogP contribution in [0.1, 0.15) is 21.7 Å². The van der Waals surface area contributed by atoms with Crippen LogP contribution in [-0.4, -0.2) is 33.5 Å². The third-order valence-corrected chi connectivity index (χ3v) is 5.83. The van der Waals surface area contributed by atoms with Crippen molar-refractivity contribution in [2.24, 2.45) is 0 Å². The predicted molar refractivity (Wildman–Crippen MR) is 108 cm³/mol. The first kappa shape index (κ1) is 19.3. The molecule has 27 heavy (non-hydrogen) atoms. The Morgan fingerprint density at radius 1 is 1.26 bits per heavy atom. The predicted octanol–water partition coefficient (Wildman–Crippen LogP) is 2.34. The molecule has 3 rings (SSSR count). The van der Waals surface area contributed by atoms with Crippen molar-refractivity contribution in [2.45, 2.75) is 6.42 Å². The van der Waals surface area contributed by atoms with Crippen LogP contribution in [0.5, 0.6) is 0 Å². The topological polar surface area (TPSA) is 89.5 Å². The van der Waals surface area contributed by atoms with Crippen LogP contribution >= 0.6 is 35.3 Å². The SMILES string of the molecule is O=C(CCN1C(=O)/C(=C/c2cccs2)SC1=S)Nc1cccc(C(=O)[O-])c1. The molecule has 6 nitrogen and oxygen atoms in total. The van der Waals surface area contributed by atoms with Crippen LogP contribution in [0.4, 0.5) is 5.69 Å². The number of aromatic carboxylic acids is 1. The molecule has 1 aromatic heterocycles. The van der Waals surface area contributed by atoms with E-state index < -0.39 is 5.97 Å². The van der Waals surface area contributed by atoms with Crippen LogP contribution in [0, 0.1) is 0 Å². The summed E-state index contributed by atoms with van der Waals surface area (Å²) in [6, 6.07) is 9.59. The zero-order valence-corrected chi connectivity index (χ0v) is 16.3. The maximum Gasteiger partial charge on any atom is 0.266 e. The molecule has 0 bridgehead atoms. The summed E-state index contributed by atoms with van der Waals surface area (Å²) in [6.45, 7) is 0.151. The number of carbonyl (C=O) groups is 3. The summed E-state index contributed by atoms with van der Waals surface area (Å²) in [5, 5.41) is 15.4. The minimum atomic E-state index is -1.32. The maximum atomic E-state index is 12.5. The van der Waals surface area contributed by atoms with Crippen LogP contribution in [0.2, 0.25) is 0 Å². The summed E-state index contributed by atoms with van der Waals surface area (Å²) in [5.41, 5.74) is 0.327. The Balaban J connectivity index is 1.59. The zero-order valence-electron chi connectivity index (χ0n) is 13.8. The van der Waals surface area contributed by atoms with E-state index in [4.69, 9.17) is 12.2 Å². The molecule has 0 atom stereocenters. The number of rotatable bonds is 6. The van der Waals surface area contributed by atoms with Gasteiger partial charge in [-0.25, -0.2) is 0 Å². The lowest BCUT2D eigenvalue weighted by Crippen LogP contribution is -2.31. The van der Waals surface area contributed by atoms with Crippen molar-refractivity contribution in [2.75, 3.05) is 11.9 Å². The number of amides is 2. The van der Waals surface area contributed by atoms with Crippen LogP contribution in [0.25, 0.3) is 6.08 Å². The molecule has 2 amide bonds. The lowest BCUT2D eigenvalue weighted by Gasteiger charge is -2.14. The highest BCUT2D eigenvalue weighted by Gasteiger charge is 2.32. The second-order valence-corrected chi connectivity index (χ2v) is 8.17. The molecule has 9 heteroatoms. The molecule has 1 N–H and O–H groups in total. The Kier molecular flexibility index (Phi) is 6.04. The molecule has 0 unspecified atom stereocenters. The van der Waals surface area contributed by atoms with E-state index in [2.05, 4.69) is 5.32 Å². The number of thiocarbonyl (C=S) groups is 1. The molecule has 2 heterocycles. The highest BCUT2D eigenvalue weighted by molar-refractivity contribution is 8.26. The van der Waals surface area contributed by atoms with Crippen LogP contribution in [0.3, 0.4) is 0 Å². The van der Waals surface area contributed by atoms with Gasteiger partial charge in [0, 0.05) is 23.5 Å². The Morgan fingerprint density at radius 3 is 2.78 bits per heavy atom. The van der Waals surface area contributed by atoms with E-state index in [9.17, 15) is 19.5 Å². The Bertz CT molecular complexity index is 938. The summed E-state index contributed by atoms with van der Waals surface area (Å²) in [4.78, 5) is 38.4. The molecule has 1 aromatic carbocycles. The Hall–Kier alpha value is -2.49. The van der Waals surface area contributed by atoms with Crippen molar-refractivity contribution in [1.82, 2.24) is 4.90 Å². The standard InChI is InChI=1S/C18H14N2O4S3/c21-15(19-12-4-1-3-11(9-12)17(23)24)6-7-20-16(22)14(27-18(20)25)10-13-5-2-8-26-13/h1-5,8-10H,6-7H2,(H,19,21)(H,23,24)/p-1/b14-10-. The van der Waals surface area contributed by atoms with E-state index in [1.165, 1.54) is 46.2 Å². The number of anilines is 1. The van der Waals surface area contributed by atoms with Crippen molar-refractivity contribution in [3.8, 4) is 0 Å². The first-order valence-corrected chi connectivity index (χ1v) is 9.94. The van der Waals surface area contributed by atoms with Crippen molar-refractivity contribution in [1.29, 1.82) is 0 Å². The van der Waals surface area contributed by atoms with E-state index in [0.29, 0.717) is 14.9 Å². The van der Waals surface area contributed by atoms with Gasteiger partial charge in [0.2, 0.25) is 5.91 Å². The first-order valence-electron chi connectivity index (χ1n) is 7.84. The summed E-state index contributed by atoms with van der Waals surface area (Å²) in [5.74, 6) is -1.88. The Morgan fingerprint density at radius 2 is 2.07 bits per heavy atom. The lowest BCUT2D eigenvalue weighted by molar-refractivity contribution is -0.255. The summed E-state index contributed by atoms with van der Waals surface area (Å²) in [6.07, 6.45) is 1.82. The monoisotopic (exact) mass is 417 g/mol. The number of thiophene rings is 1. The fourth-order valence-corrected chi connectivity index (χ4v) is 4.39. The maximum absolute atomic E-state index is 12.5. The smallest absolute Gasteiger partial charge is 0.266 e. The molecule has 1 fully saturated rings. The average Bonchev–Trinajstić information content (AvgIpc) is 3.23. The summed E-state index contributed by atoms with van der Waals surface area (Å²) < 4.78 is 0.412. The fraction of sp³-hybridized carbons (Fsp3) is 0.111. The highest BCUT2D eigenvalue weighted by Crippen LogP contribution is 2.33. The number of carbonyl (C=O) groups excluding carboxylic acids is 3. The molecule has 2 aromatic rings. The third-order valence-electron chi connectivity index (χ3n) is 3.63. The number of nitrogens with zero attached hydrogens (tertiary/aromatic N) is 1. The van der Waals surface area contributed by atoms with Gasteiger partial charge in [-0.1, -0.05) is 42.2 Å². The van der Waals surface area contributed by atoms with E-state index >= 15 is 0 Å². The van der Waals surface area contributed by atoms with Gasteiger partial charge in [0.05, 0.1) is 10.9 Å². The van der Waals surface area contributed by atoms with Crippen molar-refractivity contribution in [3.63, 3.8) is 0 Å². The number of hydrogen-bond acceptors (Lipinski definition) is 7. The molecule has 138 valence electrons. The number of carboxylic acid groups (broad SMARTS) is 1. The van der Waals surface area contributed by atoms with Crippen molar-refractivity contribution in [3.05, 3.63) is 57.1 Å². The highest BCUT2D eigenvalue weighted by atomic mass is 32.2. The number of hydrogen-bond donors (Lipinski definition) is 1. The van der Waals surface area contributed by atoms with Crippen LogP contribution in [-0.2, 0) is 9.59 Å². The summed E-state index contributed by atoms with van der Waals surface area (Å²) >= 11 is 7.98. The van der Waals surface area contributed by atoms with Gasteiger partial charge >= 0.3 is 0 Å².